The Morgan fingerprint density at radius 2 is 1.93 bits per heavy atom. The van der Waals surface area contributed by atoms with Gasteiger partial charge in [-0.2, -0.15) is 0 Å². The van der Waals surface area contributed by atoms with E-state index in [2.05, 4.69) is 17.1 Å². The van der Waals surface area contributed by atoms with Crippen LogP contribution in [0.15, 0.2) is 24.3 Å². The topological polar surface area (TPSA) is 52.7 Å². The molecule has 0 aromatic heterocycles. The molecule has 2 amide bonds. The molecule has 1 N–H and O–H groups in total. The highest BCUT2D eigenvalue weighted by Gasteiger charge is 2.26. The minimum Gasteiger partial charge on any atom is -0.342 e. The van der Waals surface area contributed by atoms with E-state index in [1.54, 1.807) is 0 Å². The lowest BCUT2D eigenvalue weighted by Crippen LogP contribution is -2.45. The van der Waals surface area contributed by atoms with Crippen LogP contribution in [0.2, 0.25) is 0 Å². The van der Waals surface area contributed by atoms with Gasteiger partial charge in [-0.15, -0.1) is 11.8 Å². The molecule has 29 heavy (non-hydrogen) atoms. The minimum atomic E-state index is -0.0516. The van der Waals surface area contributed by atoms with Gasteiger partial charge < -0.3 is 15.1 Å². The number of hydrogen-bond donors (Lipinski definition) is 1. The van der Waals surface area contributed by atoms with Gasteiger partial charge in [0.1, 0.15) is 0 Å². The Balaban J connectivity index is 1.35. The van der Waals surface area contributed by atoms with Gasteiger partial charge in [-0.3, -0.25) is 9.59 Å². The lowest BCUT2D eigenvalue weighted by Gasteiger charge is -2.37. The molecule has 3 rings (SSSR count). The van der Waals surface area contributed by atoms with Crippen molar-refractivity contribution in [3.63, 3.8) is 0 Å². The van der Waals surface area contributed by atoms with Crippen molar-refractivity contribution in [3.05, 3.63) is 29.8 Å². The van der Waals surface area contributed by atoms with Crippen LogP contribution in [-0.4, -0.2) is 65.8 Å². The predicted octanol–water partition coefficient (Wildman–Crippen LogP) is 3.64. The van der Waals surface area contributed by atoms with Crippen LogP contribution in [0.5, 0.6) is 0 Å². The van der Waals surface area contributed by atoms with Crippen molar-refractivity contribution in [2.75, 3.05) is 49.5 Å². The Kier molecular flexibility index (Phi) is 8.42. The van der Waals surface area contributed by atoms with Gasteiger partial charge in [0.05, 0.1) is 11.5 Å². The average Bonchev–Trinajstić information content (AvgIpc) is 2.70. The van der Waals surface area contributed by atoms with Crippen molar-refractivity contribution in [1.29, 1.82) is 0 Å². The van der Waals surface area contributed by atoms with E-state index in [4.69, 9.17) is 0 Å². The summed E-state index contributed by atoms with van der Waals surface area (Å²) < 4.78 is 0. The molecule has 0 aliphatic carbocycles. The normalized spacial score (nSPS) is 21.2. The van der Waals surface area contributed by atoms with Crippen LogP contribution in [-0.2, 0) is 9.59 Å². The standard InChI is InChI=1S/C23H35N3O2S/c1-18-8-11-25(12-9-18)14-20-6-4-10-26(15-20)23(28)17-29-16-22(27)24-21-7-3-5-19(2)13-21/h3,5,7,13,18,20H,4,6,8-12,14-17H2,1-2H3,(H,24,27). The summed E-state index contributed by atoms with van der Waals surface area (Å²) in [5, 5.41) is 2.90. The SMILES string of the molecule is Cc1cccc(NC(=O)CSCC(=O)N2CCCC(CN3CCC(C)CC3)C2)c1. The molecule has 2 fully saturated rings. The third-order valence-electron chi connectivity index (χ3n) is 6.02. The molecular formula is C23H35N3O2S. The number of anilines is 1. The largest absolute Gasteiger partial charge is 0.342 e. The number of carbonyl (C=O) groups excluding carboxylic acids is 2. The molecule has 0 bridgehead atoms. The molecule has 6 heteroatoms. The number of rotatable bonds is 7. The van der Waals surface area contributed by atoms with Crippen molar-refractivity contribution < 1.29 is 9.59 Å². The Labute approximate surface area is 179 Å². The van der Waals surface area contributed by atoms with Gasteiger partial charge in [0.15, 0.2) is 0 Å². The summed E-state index contributed by atoms with van der Waals surface area (Å²) in [5.74, 6) is 2.27. The van der Waals surface area contributed by atoms with E-state index >= 15 is 0 Å². The van der Waals surface area contributed by atoms with Gasteiger partial charge in [0.2, 0.25) is 11.8 Å². The number of nitrogens with one attached hydrogen (secondary N) is 1. The van der Waals surface area contributed by atoms with E-state index in [0.717, 1.165) is 43.2 Å². The zero-order valence-electron chi connectivity index (χ0n) is 17.9. The van der Waals surface area contributed by atoms with Crippen LogP contribution >= 0.6 is 11.8 Å². The summed E-state index contributed by atoms with van der Waals surface area (Å²) in [5.41, 5.74) is 1.93. The second-order valence-electron chi connectivity index (χ2n) is 8.74. The first kappa shape index (κ1) is 22.2. The summed E-state index contributed by atoms with van der Waals surface area (Å²) in [7, 11) is 0. The van der Waals surface area contributed by atoms with Crippen LogP contribution in [0.25, 0.3) is 0 Å². The highest BCUT2D eigenvalue weighted by molar-refractivity contribution is 8.00. The fourth-order valence-corrected chi connectivity index (χ4v) is 5.01. The van der Waals surface area contributed by atoms with Gasteiger partial charge in [0, 0.05) is 25.3 Å². The zero-order chi connectivity index (χ0) is 20.6. The number of benzene rings is 1. The first-order valence-corrected chi connectivity index (χ1v) is 12.1. The van der Waals surface area contributed by atoms with Crippen LogP contribution in [0.3, 0.4) is 0 Å². The highest BCUT2D eigenvalue weighted by Crippen LogP contribution is 2.22. The lowest BCUT2D eigenvalue weighted by atomic mass is 9.94. The van der Waals surface area contributed by atoms with Crippen LogP contribution < -0.4 is 5.32 Å². The van der Waals surface area contributed by atoms with E-state index in [1.165, 1.54) is 44.1 Å². The maximum Gasteiger partial charge on any atom is 0.234 e. The number of nitrogens with zero attached hydrogens (tertiary/aromatic N) is 2. The van der Waals surface area contributed by atoms with Gasteiger partial charge in [-0.25, -0.2) is 0 Å². The summed E-state index contributed by atoms with van der Waals surface area (Å²) in [6, 6.07) is 7.77. The van der Waals surface area contributed by atoms with Crippen molar-refractivity contribution >= 4 is 29.3 Å². The number of likely N-dealkylation sites (tertiary alicyclic amines) is 2. The fraction of sp³-hybridized carbons (Fsp3) is 0.652. The first-order chi connectivity index (χ1) is 14.0. The third-order valence-corrected chi connectivity index (χ3v) is 6.94. The number of amides is 2. The van der Waals surface area contributed by atoms with E-state index < -0.39 is 0 Å². The summed E-state index contributed by atoms with van der Waals surface area (Å²) in [4.78, 5) is 29.3. The Morgan fingerprint density at radius 1 is 1.14 bits per heavy atom. The maximum atomic E-state index is 12.6. The molecule has 160 valence electrons. The van der Waals surface area contributed by atoms with E-state index in [9.17, 15) is 9.59 Å². The average molecular weight is 418 g/mol. The number of carbonyl (C=O) groups is 2. The predicted molar refractivity (Wildman–Crippen MR) is 121 cm³/mol. The van der Waals surface area contributed by atoms with E-state index in [-0.39, 0.29) is 11.8 Å². The van der Waals surface area contributed by atoms with E-state index in [1.807, 2.05) is 36.1 Å². The molecule has 0 spiro atoms. The Bertz CT molecular complexity index is 688. The van der Waals surface area contributed by atoms with Crippen LogP contribution in [0, 0.1) is 18.8 Å². The Morgan fingerprint density at radius 3 is 2.69 bits per heavy atom. The first-order valence-electron chi connectivity index (χ1n) is 10.9. The molecule has 2 heterocycles. The van der Waals surface area contributed by atoms with Gasteiger partial charge in [-0.1, -0.05) is 19.1 Å². The molecular weight excluding hydrogens is 382 g/mol. The monoisotopic (exact) mass is 417 g/mol. The highest BCUT2D eigenvalue weighted by atomic mass is 32.2. The minimum absolute atomic E-state index is 0.0516. The van der Waals surface area contributed by atoms with Crippen LogP contribution in [0.1, 0.15) is 38.2 Å². The molecule has 1 aromatic rings. The molecule has 2 aliphatic rings. The van der Waals surface area contributed by atoms with Crippen LogP contribution in [0.4, 0.5) is 5.69 Å². The molecule has 5 nitrogen and oxygen atoms in total. The molecule has 1 atom stereocenters. The summed E-state index contributed by atoms with van der Waals surface area (Å²) in [6.07, 6.45) is 4.92. The van der Waals surface area contributed by atoms with Gasteiger partial charge in [-0.05, 0) is 75.2 Å². The van der Waals surface area contributed by atoms with Crippen molar-refractivity contribution in [2.24, 2.45) is 11.8 Å². The summed E-state index contributed by atoms with van der Waals surface area (Å²) >= 11 is 1.41. The van der Waals surface area contributed by atoms with Gasteiger partial charge >= 0.3 is 0 Å². The summed E-state index contributed by atoms with van der Waals surface area (Å²) in [6.45, 7) is 9.62. The smallest absolute Gasteiger partial charge is 0.234 e. The second-order valence-corrected chi connectivity index (χ2v) is 9.73. The fourth-order valence-electron chi connectivity index (χ4n) is 4.29. The van der Waals surface area contributed by atoms with Crippen molar-refractivity contribution in [3.8, 4) is 0 Å². The van der Waals surface area contributed by atoms with Crippen molar-refractivity contribution in [1.82, 2.24) is 9.80 Å². The molecule has 2 saturated heterocycles. The zero-order valence-corrected chi connectivity index (χ0v) is 18.7. The van der Waals surface area contributed by atoms with E-state index in [0.29, 0.717) is 17.4 Å². The quantitative estimate of drug-likeness (QED) is 0.736. The number of aryl methyl sites for hydroxylation is 1. The second kappa shape index (κ2) is 11.0. The molecule has 1 aromatic carbocycles. The molecule has 1 unspecified atom stereocenters. The third kappa shape index (κ3) is 7.34. The molecule has 0 radical (unpaired) electrons. The Hall–Kier alpha value is -1.53. The van der Waals surface area contributed by atoms with Gasteiger partial charge in [0.25, 0.3) is 0 Å². The van der Waals surface area contributed by atoms with Crippen molar-refractivity contribution in [2.45, 2.75) is 39.5 Å². The maximum absolute atomic E-state index is 12.6. The number of thioether (sulfide) groups is 1. The number of hydrogen-bond acceptors (Lipinski definition) is 4. The number of piperidine rings is 2. The molecule has 2 aliphatic heterocycles. The lowest BCUT2D eigenvalue weighted by molar-refractivity contribution is -0.130. The molecule has 0 saturated carbocycles.